The van der Waals surface area contributed by atoms with Crippen molar-refractivity contribution in [1.29, 1.82) is 0 Å². The van der Waals surface area contributed by atoms with Crippen molar-refractivity contribution < 1.29 is 4.42 Å². The first kappa shape index (κ1) is 20.8. The molecule has 1 aromatic carbocycles. The Morgan fingerprint density at radius 1 is 1.07 bits per heavy atom. The van der Waals surface area contributed by atoms with Gasteiger partial charge in [-0.05, 0) is 56.1 Å². The molecule has 0 unspecified atom stereocenters. The quantitative estimate of drug-likeness (QED) is 0.649. The van der Waals surface area contributed by atoms with E-state index in [1.807, 2.05) is 12.1 Å². The predicted octanol–water partition coefficient (Wildman–Crippen LogP) is 5.44. The zero-order valence-electron chi connectivity index (χ0n) is 18.2. The lowest BCUT2D eigenvalue weighted by Crippen LogP contribution is -2.37. The van der Waals surface area contributed by atoms with Crippen LogP contribution in [0, 0.1) is 30.6 Å². The van der Waals surface area contributed by atoms with Crippen molar-refractivity contribution in [3.63, 3.8) is 0 Å². The molecule has 4 nitrogen and oxygen atoms in total. The molecular weight excluding hydrogens is 346 g/mol. The number of nitrogens with zero attached hydrogens (tertiary/aromatic N) is 2. The zero-order valence-corrected chi connectivity index (χ0v) is 18.2. The lowest BCUT2D eigenvalue weighted by Gasteiger charge is -2.37. The van der Waals surface area contributed by atoms with Crippen LogP contribution in [0.25, 0.3) is 11.5 Å². The molecule has 0 spiro atoms. The van der Waals surface area contributed by atoms with E-state index in [0.717, 1.165) is 24.4 Å². The molecule has 1 heterocycles. The third kappa shape index (κ3) is 5.11. The largest absolute Gasteiger partial charge is 0.421 e. The Hall–Kier alpha value is -1.94. The second-order valence-corrected chi connectivity index (χ2v) is 9.05. The molecule has 1 aliphatic carbocycles. The van der Waals surface area contributed by atoms with Crippen molar-refractivity contribution in [2.24, 2.45) is 23.7 Å². The number of allylic oxidation sites excluding steroid dienone is 1. The molecule has 2 aromatic rings. The summed E-state index contributed by atoms with van der Waals surface area (Å²) in [6.07, 6.45) is 4.51. The van der Waals surface area contributed by atoms with Crippen molar-refractivity contribution in [2.45, 2.75) is 60.4 Å². The van der Waals surface area contributed by atoms with E-state index in [-0.39, 0.29) is 0 Å². The third-order valence-corrected chi connectivity index (χ3v) is 6.03. The first-order chi connectivity index (χ1) is 13.3. The second kappa shape index (κ2) is 9.04. The fourth-order valence-electron chi connectivity index (χ4n) is 4.24. The first-order valence-electron chi connectivity index (χ1n) is 10.6. The number of aryl methyl sites for hydroxylation is 1. The third-order valence-electron chi connectivity index (χ3n) is 6.03. The minimum atomic E-state index is 0.481. The van der Waals surface area contributed by atoms with E-state index in [1.165, 1.54) is 17.6 Å². The highest BCUT2D eigenvalue weighted by Gasteiger charge is 2.32. The maximum Gasteiger partial charge on any atom is 0.247 e. The number of aromatic nitrogens is 2. The SMILES string of the molecule is CC1=C[C@@H](CNC(C)C)[C@H](C(C)C)C[C@H]1Cc1nnc(-c2ccc(C)cc2)o1. The molecule has 1 aliphatic rings. The molecule has 0 saturated heterocycles. The van der Waals surface area contributed by atoms with Crippen LogP contribution in [0.5, 0.6) is 0 Å². The second-order valence-electron chi connectivity index (χ2n) is 9.05. The number of benzene rings is 1. The van der Waals surface area contributed by atoms with Crippen molar-refractivity contribution >= 4 is 0 Å². The fourth-order valence-corrected chi connectivity index (χ4v) is 4.24. The van der Waals surface area contributed by atoms with Crippen LogP contribution in [0.1, 0.15) is 52.5 Å². The van der Waals surface area contributed by atoms with Gasteiger partial charge in [0.2, 0.25) is 11.8 Å². The molecule has 3 atom stereocenters. The van der Waals surface area contributed by atoms with Gasteiger partial charge in [0, 0.05) is 24.6 Å². The average Bonchev–Trinajstić information content (AvgIpc) is 3.10. The molecular formula is C24H35N3O. The van der Waals surface area contributed by atoms with Gasteiger partial charge in [0.05, 0.1) is 0 Å². The number of nitrogens with one attached hydrogen (secondary N) is 1. The van der Waals surface area contributed by atoms with E-state index >= 15 is 0 Å². The van der Waals surface area contributed by atoms with Crippen LogP contribution in [-0.2, 0) is 6.42 Å². The van der Waals surface area contributed by atoms with E-state index in [0.29, 0.717) is 35.6 Å². The summed E-state index contributed by atoms with van der Waals surface area (Å²) in [5, 5.41) is 12.2. The smallest absolute Gasteiger partial charge is 0.247 e. The first-order valence-corrected chi connectivity index (χ1v) is 10.6. The van der Waals surface area contributed by atoms with Gasteiger partial charge in [-0.15, -0.1) is 10.2 Å². The van der Waals surface area contributed by atoms with E-state index in [2.05, 4.69) is 75.3 Å². The standard InChI is InChI=1S/C24H35N3O/c1-15(2)22-12-20(18(6)11-21(22)14-25-16(3)4)13-23-26-27-24(28-23)19-9-7-17(5)8-10-19/h7-11,15-16,20-22,25H,12-14H2,1-6H3/t20-,21-,22-/m0/s1. The van der Waals surface area contributed by atoms with Crippen LogP contribution in [-0.4, -0.2) is 22.8 Å². The summed E-state index contributed by atoms with van der Waals surface area (Å²) in [6.45, 7) is 14.5. The average molecular weight is 382 g/mol. The van der Waals surface area contributed by atoms with E-state index in [9.17, 15) is 0 Å². The molecule has 0 amide bonds. The summed E-state index contributed by atoms with van der Waals surface area (Å²) in [4.78, 5) is 0. The maximum absolute atomic E-state index is 6.00. The van der Waals surface area contributed by atoms with Gasteiger partial charge in [-0.2, -0.15) is 0 Å². The molecule has 1 aromatic heterocycles. The zero-order chi connectivity index (χ0) is 20.3. The van der Waals surface area contributed by atoms with E-state index < -0.39 is 0 Å². The van der Waals surface area contributed by atoms with Gasteiger partial charge in [0.25, 0.3) is 0 Å². The van der Waals surface area contributed by atoms with Crippen molar-refractivity contribution in [3.05, 3.63) is 47.4 Å². The molecule has 0 saturated carbocycles. The van der Waals surface area contributed by atoms with Gasteiger partial charge in [-0.25, -0.2) is 0 Å². The predicted molar refractivity (Wildman–Crippen MR) is 115 cm³/mol. The lowest BCUT2D eigenvalue weighted by atomic mass is 9.70. The van der Waals surface area contributed by atoms with Gasteiger partial charge >= 0.3 is 0 Å². The van der Waals surface area contributed by atoms with E-state index in [4.69, 9.17) is 4.42 Å². The summed E-state index contributed by atoms with van der Waals surface area (Å²) < 4.78 is 6.00. The van der Waals surface area contributed by atoms with Crippen molar-refractivity contribution in [3.8, 4) is 11.5 Å². The Bertz CT molecular complexity index is 788. The summed E-state index contributed by atoms with van der Waals surface area (Å²) in [5.41, 5.74) is 3.68. The van der Waals surface area contributed by atoms with Crippen molar-refractivity contribution in [2.75, 3.05) is 6.54 Å². The van der Waals surface area contributed by atoms with E-state index in [1.54, 1.807) is 0 Å². The number of rotatable bonds is 7. The highest BCUT2D eigenvalue weighted by molar-refractivity contribution is 5.52. The van der Waals surface area contributed by atoms with Gasteiger partial charge in [0.15, 0.2) is 0 Å². The highest BCUT2D eigenvalue weighted by Crippen LogP contribution is 2.38. The topological polar surface area (TPSA) is 51.0 Å². The highest BCUT2D eigenvalue weighted by atomic mass is 16.4. The Kier molecular flexibility index (Phi) is 6.71. The lowest BCUT2D eigenvalue weighted by molar-refractivity contribution is 0.216. The Morgan fingerprint density at radius 3 is 2.43 bits per heavy atom. The van der Waals surface area contributed by atoms with Gasteiger partial charge in [-0.3, -0.25) is 0 Å². The minimum absolute atomic E-state index is 0.481. The molecule has 28 heavy (non-hydrogen) atoms. The van der Waals surface area contributed by atoms with Crippen molar-refractivity contribution in [1.82, 2.24) is 15.5 Å². The molecule has 152 valence electrons. The van der Waals surface area contributed by atoms with Crippen LogP contribution in [0.4, 0.5) is 0 Å². The molecule has 3 rings (SSSR count). The Morgan fingerprint density at radius 2 is 1.79 bits per heavy atom. The normalized spacial score (nSPS) is 22.7. The maximum atomic E-state index is 6.00. The van der Waals surface area contributed by atoms with Crippen LogP contribution in [0.2, 0.25) is 0 Å². The number of hydrogen-bond donors (Lipinski definition) is 1. The monoisotopic (exact) mass is 381 g/mol. The minimum Gasteiger partial charge on any atom is -0.421 e. The molecule has 4 heteroatoms. The fraction of sp³-hybridized carbons (Fsp3) is 0.583. The van der Waals surface area contributed by atoms with Crippen LogP contribution in [0.3, 0.4) is 0 Å². The Balaban J connectivity index is 1.71. The molecule has 0 radical (unpaired) electrons. The van der Waals surface area contributed by atoms with Gasteiger partial charge < -0.3 is 9.73 Å². The molecule has 0 bridgehead atoms. The molecule has 1 N–H and O–H groups in total. The molecule has 0 aliphatic heterocycles. The van der Waals surface area contributed by atoms with Gasteiger partial charge in [-0.1, -0.05) is 57.0 Å². The summed E-state index contributed by atoms with van der Waals surface area (Å²) in [5.74, 6) is 3.79. The van der Waals surface area contributed by atoms with Crippen LogP contribution >= 0.6 is 0 Å². The Labute approximate surface area is 169 Å². The van der Waals surface area contributed by atoms with Crippen LogP contribution < -0.4 is 5.32 Å². The van der Waals surface area contributed by atoms with Crippen LogP contribution in [0.15, 0.2) is 40.3 Å². The number of hydrogen-bond acceptors (Lipinski definition) is 4. The molecule has 0 fully saturated rings. The summed E-state index contributed by atoms with van der Waals surface area (Å²) in [6, 6.07) is 8.76. The summed E-state index contributed by atoms with van der Waals surface area (Å²) in [7, 11) is 0. The van der Waals surface area contributed by atoms with Gasteiger partial charge in [0.1, 0.15) is 0 Å². The summed E-state index contributed by atoms with van der Waals surface area (Å²) >= 11 is 0.